The Morgan fingerprint density at radius 1 is 1.17 bits per heavy atom. The number of rotatable bonds is 6. The molecule has 0 aromatic carbocycles. The third-order valence-electron chi connectivity index (χ3n) is 4.05. The molecule has 0 aliphatic rings. The molecule has 1 unspecified atom stereocenters. The van der Waals surface area contributed by atoms with E-state index in [-0.39, 0.29) is 5.41 Å². The van der Waals surface area contributed by atoms with Gasteiger partial charge < -0.3 is 4.98 Å². The van der Waals surface area contributed by atoms with Gasteiger partial charge in [0, 0.05) is 22.9 Å². The molecule has 0 fully saturated rings. The van der Waals surface area contributed by atoms with Crippen LogP contribution in [-0.2, 0) is 5.41 Å². The summed E-state index contributed by atoms with van der Waals surface area (Å²) in [6.45, 7) is 15.8. The Morgan fingerprint density at radius 3 is 2.22 bits per heavy atom. The highest BCUT2D eigenvalue weighted by Gasteiger charge is 2.28. The van der Waals surface area contributed by atoms with Crippen LogP contribution in [0.3, 0.4) is 0 Å². The highest BCUT2D eigenvalue weighted by molar-refractivity contribution is 5.26. The van der Waals surface area contributed by atoms with E-state index < -0.39 is 0 Å². The van der Waals surface area contributed by atoms with E-state index >= 15 is 0 Å². The number of aromatic nitrogens is 2. The predicted molar refractivity (Wildman–Crippen MR) is 79.3 cm³/mol. The first kappa shape index (κ1) is 15.3. The van der Waals surface area contributed by atoms with Gasteiger partial charge in [0.2, 0.25) is 0 Å². The molecule has 104 valence electrons. The van der Waals surface area contributed by atoms with Crippen LogP contribution in [0.25, 0.3) is 0 Å². The first-order valence-corrected chi connectivity index (χ1v) is 7.43. The fourth-order valence-corrected chi connectivity index (χ4v) is 2.30. The highest BCUT2D eigenvalue weighted by Crippen LogP contribution is 2.34. The molecule has 1 aromatic heterocycles. The number of hydrogen-bond acceptors (Lipinski definition) is 1. The van der Waals surface area contributed by atoms with Gasteiger partial charge in [0.1, 0.15) is 5.82 Å². The molecule has 0 amide bonds. The molecule has 0 saturated heterocycles. The largest absolute Gasteiger partial charge is 0.345 e. The van der Waals surface area contributed by atoms with E-state index in [0.717, 1.165) is 12.2 Å². The average molecular weight is 250 g/mol. The predicted octanol–water partition coefficient (Wildman–Crippen LogP) is 5.12. The lowest BCUT2D eigenvalue weighted by Crippen LogP contribution is -2.19. The summed E-state index contributed by atoms with van der Waals surface area (Å²) in [5.41, 5.74) is 2.85. The Balaban J connectivity index is 3.21. The fourth-order valence-electron chi connectivity index (χ4n) is 2.30. The maximum Gasteiger partial charge on any atom is 0.109 e. The zero-order valence-electron chi connectivity index (χ0n) is 13.2. The van der Waals surface area contributed by atoms with Gasteiger partial charge in [-0.25, -0.2) is 4.98 Å². The summed E-state index contributed by atoms with van der Waals surface area (Å²) in [7, 11) is 0. The van der Waals surface area contributed by atoms with Gasteiger partial charge >= 0.3 is 0 Å². The van der Waals surface area contributed by atoms with Crippen molar-refractivity contribution in [1.29, 1.82) is 0 Å². The third-order valence-corrected chi connectivity index (χ3v) is 4.05. The summed E-state index contributed by atoms with van der Waals surface area (Å²) in [5.74, 6) is 2.17. The van der Waals surface area contributed by atoms with Crippen LogP contribution in [0, 0.1) is 0 Å². The van der Waals surface area contributed by atoms with Crippen LogP contribution in [0.4, 0.5) is 0 Å². The molecule has 0 radical (unpaired) electrons. The summed E-state index contributed by atoms with van der Waals surface area (Å²) in [6, 6.07) is 0. The Labute approximate surface area is 113 Å². The number of imidazole rings is 1. The minimum atomic E-state index is 0.192. The minimum Gasteiger partial charge on any atom is -0.345 e. The van der Waals surface area contributed by atoms with E-state index in [9.17, 15) is 0 Å². The molecule has 0 spiro atoms. The number of H-pyrrole nitrogens is 1. The third kappa shape index (κ3) is 3.15. The topological polar surface area (TPSA) is 28.7 Å². The van der Waals surface area contributed by atoms with Gasteiger partial charge in [-0.1, -0.05) is 54.9 Å². The quantitative estimate of drug-likeness (QED) is 0.745. The number of nitrogens with one attached hydrogen (secondary N) is 1. The molecule has 1 heterocycles. The van der Waals surface area contributed by atoms with Gasteiger partial charge in [0.15, 0.2) is 0 Å². The van der Waals surface area contributed by atoms with Crippen LogP contribution in [0.1, 0.15) is 96.8 Å². The molecule has 0 aliphatic heterocycles. The monoisotopic (exact) mass is 250 g/mol. The van der Waals surface area contributed by atoms with Crippen molar-refractivity contribution in [3.05, 3.63) is 17.2 Å². The van der Waals surface area contributed by atoms with E-state index in [4.69, 9.17) is 4.98 Å². The maximum atomic E-state index is 4.89. The van der Waals surface area contributed by atoms with Gasteiger partial charge in [-0.3, -0.25) is 0 Å². The van der Waals surface area contributed by atoms with Gasteiger partial charge in [-0.15, -0.1) is 0 Å². The van der Waals surface area contributed by atoms with Crippen molar-refractivity contribution >= 4 is 0 Å². The number of nitrogens with zero attached hydrogens (tertiary/aromatic N) is 1. The van der Waals surface area contributed by atoms with E-state index in [1.807, 2.05) is 0 Å². The second-order valence-electron chi connectivity index (χ2n) is 6.46. The first-order chi connectivity index (χ1) is 8.33. The summed E-state index contributed by atoms with van der Waals surface area (Å²) in [4.78, 5) is 8.49. The number of aromatic amines is 1. The van der Waals surface area contributed by atoms with Crippen molar-refractivity contribution in [3.8, 4) is 0 Å². The lowest BCUT2D eigenvalue weighted by atomic mass is 9.82. The molecule has 2 nitrogen and oxygen atoms in total. The van der Waals surface area contributed by atoms with Gasteiger partial charge in [-0.05, 0) is 12.8 Å². The SMILES string of the molecule is CCCC(C)c1nc(C(C)C)[nH]c1C(C)(C)CC. The molecule has 1 N–H and O–H groups in total. The Bertz CT molecular complexity index is 374. The standard InChI is InChI=1S/C16H30N2/c1-8-10-12(5)13-14(16(6,7)9-2)18-15(17-13)11(3)4/h11-12H,8-10H2,1-7H3,(H,17,18). The minimum absolute atomic E-state index is 0.192. The maximum absolute atomic E-state index is 4.89. The van der Waals surface area contributed by atoms with Crippen LogP contribution in [0.2, 0.25) is 0 Å². The Morgan fingerprint density at radius 2 is 1.78 bits per heavy atom. The van der Waals surface area contributed by atoms with E-state index in [2.05, 4.69) is 53.5 Å². The average Bonchev–Trinajstić information content (AvgIpc) is 2.75. The van der Waals surface area contributed by atoms with E-state index in [1.54, 1.807) is 0 Å². The molecular formula is C16H30N2. The summed E-state index contributed by atoms with van der Waals surface area (Å²) >= 11 is 0. The molecule has 0 bridgehead atoms. The zero-order valence-corrected chi connectivity index (χ0v) is 13.2. The lowest BCUT2D eigenvalue weighted by molar-refractivity contribution is 0.478. The second-order valence-corrected chi connectivity index (χ2v) is 6.46. The smallest absolute Gasteiger partial charge is 0.109 e. The lowest BCUT2D eigenvalue weighted by Gasteiger charge is -2.24. The van der Waals surface area contributed by atoms with Crippen LogP contribution < -0.4 is 0 Å². The van der Waals surface area contributed by atoms with Crippen molar-refractivity contribution < 1.29 is 0 Å². The van der Waals surface area contributed by atoms with Crippen molar-refractivity contribution in [1.82, 2.24) is 9.97 Å². The van der Waals surface area contributed by atoms with Gasteiger partial charge in [-0.2, -0.15) is 0 Å². The summed E-state index contributed by atoms with van der Waals surface area (Å²) < 4.78 is 0. The molecule has 18 heavy (non-hydrogen) atoms. The zero-order chi connectivity index (χ0) is 13.9. The van der Waals surface area contributed by atoms with Crippen LogP contribution >= 0.6 is 0 Å². The van der Waals surface area contributed by atoms with Crippen molar-refractivity contribution in [3.63, 3.8) is 0 Å². The van der Waals surface area contributed by atoms with E-state index in [0.29, 0.717) is 11.8 Å². The first-order valence-electron chi connectivity index (χ1n) is 7.43. The molecule has 1 aromatic rings. The van der Waals surface area contributed by atoms with Crippen LogP contribution in [0.15, 0.2) is 0 Å². The van der Waals surface area contributed by atoms with Crippen molar-refractivity contribution in [2.75, 3.05) is 0 Å². The van der Waals surface area contributed by atoms with Gasteiger partial charge in [0.25, 0.3) is 0 Å². The van der Waals surface area contributed by atoms with Crippen LogP contribution in [0.5, 0.6) is 0 Å². The molecule has 1 atom stereocenters. The second kappa shape index (κ2) is 5.90. The highest BCUT2D eigenvalue weighted by atomic mass is 15.0. The van der Waals surface area contributed by atoms with Crippen molar-refractivity contribution in [2.24, 2.45) is 0 Å². The van der Waals surface area contributed by atoms with E-state index in [1.165, 1.54) is 24.2 Å². The number of hydrogen-bond donors (Lipinski definition) is 1. The fraction of sp³-hybridized carbons (Fsp3) is 0.812. The molecular weight excluding hydrogens is 220 g/mol. The Hall–Kier alpha value is -0.790. The molecule has 1 rings (SSSR count). The molecule has 0 aliphatic carbocycles. The van der Waals surface area contributed by atoms with Crippen LogP contribution in [-0.4, -0.2) is 9.97 Å². The van der Waals surface area contributed by atoms with Crippen molar-refractivity contribution in [2.45, 2.75) is 85.0 Å². The summed E-state index contributed by atoms with van der Waals surface area (Å²) in [5, 5.41) is 0. The Kier molecular flexibility index (Phi) is 5.01. The normalized spacial score (nSPS) is 14.2. The molecule has 0 saturated carbocycles. The molecule has 2 heteroatoms. The van der Waals surface area contributed by atoms with Gasteiger partial charge in [0.05, 0.1) is 5.69 Å². The summed E-state index contributed by atoms with van der Waals surface area (Å²) in [6.07, 6.45) is 3.57.